The SMILES string of the molecule is CC1=C(C(=O)O)C(c2cccc([N+](=O)[O-])c2)N(CCCN(C)C(=O)Nc2ccccc2)C(=O)N1. The average Bonchev–Trinajstić information content (AvgIpc) is 2.80. The standard InChI is InChI=1S/C23H25N5O6/c1-15-19(21(29)30)20(16-8-6-11-18(14-16)28(33)34)27(23(32)24-15)13-7-12-26(2)22(31)25-17-9-4-3-5-10-17/h3-6,8-11,14,20H,7,12-13H2,1-2H3,(H,24,32)(H,25,31)(H,29,30). The van der Waals surface area contributed by atoms with Crippen LogP contribution in [0, 0.1) is 10.1 Å². The summed E-state index contributed by atoms with van der Waals surface area (Å²) in [7, 11) is 1.61. The minimum atomic E-state index is -1.24. The number of carboxylic acids is 1. The molecule has 0 radical (unpaired) electrons. The Kier molecular flexibility index (Phi) is 7.46. The number of para-hydroxylation sites is 1. The number of carbonyl (C=O) groups excluding carboxylic acids is 2. The van der Waals surface area contributed by atoms with Crippen LogP contribution in [0.3, 0.4) is 0 Å². The third-order valence-electron chi connectivity index (χ3n) is 5.44. The van der Waals surface area contributed by atoms with E-state index in [0.717, 1.165) is 0 Å². The maximum Gasteiger partial charge on any atom is 0.335 e. The number of rotatable bonds is 8. The zero-order chi connectivity index (χ0) is 24.8. The van der Waals surface area contributed by atoms with E-state index in [0.29, 0.717) is 17.7 Å². The fraction of sp³-hybridized carbons (Fsp3) is 0.261. The molecule has 0 bridgehead atoms. The highest BCUT2D eigenvalue weighted by molar-refractivity contribution is 5.94. The Bertz CT molecular complexity index is 1130. The molecule has 2 aromatic rings. The van der Waals surface area contributed by atoms with E-state index >= 15 is 0 Å². The van der Waals surface area contributed by atoms with E-state index in [9.17, 15) is 29.6 Å². The van der Waals surface area contributed by atoms with Gasteiger partial charge in [-0.1, -0.05) is 30.3 Å². The molecule has 1 heterocycles. The van der Waals surface area contributed by atoms with Crippen molar-refractivity contribution in [2.75, 3.05) is 25.5 Å². The lowest BCUT2D eigenvalue weighted by atomic mass is 9.93. The minimum Gasteiger partial charge on any atom is -0.478 e. The first kappa shape index (κ1) is 24.2. The van der Waals surface area contributed by atoms with Gasteiger partial charge in [0, 0.05) is 43.7 Å². The molecule has 0 aliphatic carbocycles. The van der Waals surface area contributed by atoms with Crippen molar-refractivity contribution in [3.63, 3.8) is 0 Å². The van der Waals surface area contributed by atoms with Gasteiger partial charge in [0.1, 0.15) is 0 Å². The number of allylic oxidation sites excluding steroid dienone is 1. The third kappa shape index (κ3) is 5.49. The van der Waals surface area contributed by atoms with E-state index in [4.69, 9.17) is 0 Å². The fourth-order valence-corrected chi connectivity index (χ4v) is 3.76. The second kappa shape index (κ2) is 10.5. The van der Waals surface area contributed by atoms with Crippen LogP contribution in [0.1, 0.15) is 24.9 Å². The second-order valence-corrected chi connectivity index (χ2v) is 7.79. The number of anilines is 1. The lowest BCUT2D eigenvalue weighted by molar-refractivity contribution is -0.384. The van der Waals surface area contributed by atoms with Crippen molar-refractivity contribution in [2.45, 2.75) is 19.4 Å². The molecule has 0 fully saturated rings. The van der Waals surface area contributed by atoms with Gasteiger partial charge in [0.2, 0.25) is 0 Å². The van der Waals surface area contributed by atoms with Crippen molar-refractivity contribution >= 4 is 29.4 Å². The van der Waals surface area contributed by atoms with Crippen molar-refractivity contribution in [2.24, 2.45) is 0 Å². The number of nitro groups is 1. The van der Waals surface area contributed by atoms with E-state index in [2.05, 4.69) is 10.6 Å². The molecule has 4 amide bonds. The van der Waals surface area contributed by atoms with Crippen LogP contribution in [-0.2, 0) is 4.79 Å². The molecular weight excluding hydrogens is 442 g/mol. The topological polar surface area (TPSA) is 145 Å². The van der Waals surface area contributed by atoms with Gasteiger partial charge in [0.05, 0.1) is 16.5 Å². The number of nitrogens with one attached hydrogen (secondary N) is 2. The number of hydrogen-bond donors (Lipinski definition) is 3. The number of urea groups is 2. The van der Waals surface area contributed by atoms with Crippen LogP contribution in [0.25, 0.3) is 0 Å². The van der Waals surface area contributed by atoms with Gasteiger partial charge < -0.3 is 25.5 Å². The molecule has 1 atom stereocenters. The first-order chi connectivity index (χ1) is 16.2. The van der Waals surface area contributed by atoms with Gasteiger partial charge in [0.15, 0.2) is 0 Å². The van der Waals surface area contributed by atoms with E-state index in [1.165, 1.54) is 34.9 Å². The van der Waals surface area contributed by atoms with E-state index < -0.39 is 23.0 Å². The lowest BCUT2D eigenvalue weighted by Crippen LogP contribution is -2.49. The number of amides is 4. The number of carbonyl (C=O) groups is 3. The molecule has 0 spiro atoms. The number of carboxylic acid groups (broad SMARTS) is 1. The van der Waals surface area contributed by atoms with Crippen molar-refractivity contribution in [3.8, 4) is 0 Å². The quantitative estimate of drug-likeness (QED) is 0.400. The van der Waals surface area contributed by atoms with E-state index in [1.54, 1.807) is 37.4 Å². The minimum absolute atomic E-state index is 0.0738. The largest absolute Gasteiger partial charge is 0.478 e. The summed E-state index contributed by atoms with van der Waals surface area (Å²) >= 11 is 0. The summed E-state index contributed by atoms with van der Waals surface area (Å²) in [5.41, 5.74) is 0.853. The highest BCUT2D eigenvalue weighted by atomic mass is 16.6. The van der Waals surface area contributed by atoms with Gasteiger partial charge in [-0.2, -0.15) is 0 Å². The van der Waals surface area contributed by atoms with Crippen LogP contribution in [0.15, 0.2) is 65.9 Å². The van der Waals surface area contributed by atoms with Crippen LogP contribution >= 0.6 is 0 Å². The maximum atomic E-state index is 12.8. The number of nitrogens with zero attached hydrogens (tertiary/aromatic N) is 3. The molecule has 11 nitrogen and oxygen atoms in total. The molecule has 1 aliphatic heterocycles. The van der Waals surface area contributed by atoms with Gasteiger partial charge in [0.25, 0.3) is 5.69 Å². The number of aliphatic carboxylic acids is 1. The summed E-state index contributed by atoms with van der Waals surface area (Å²) in [5, 5.41) is 26.4. The van der Waals surface area contributed by atoms with Gasteiger partial charge in [-0.25, -0.2) is 14.4 Å². The van der Waals surface area contributed by atoms with Gasteiger partial charge >= 0.3 is 18.0 Å². The Balaban J connectivity index is 1.77. The Morgan fingerprint density at radius 2 is 1.91 bits per heavy atom. The summed E-state index contributed by atoms with van der Waals surface area (Å²) in [6.07, 6.45) is 0.351. The zero-order valence-corrected chi connectivity index (χ0v) is 18.7. The second-order valence-electron chi connectivity index (χ2n) is 7.79. The predicted octanol–water partition coefficient (Wildman–Crippen LogP) is 3.57. The predicted molar refractivity (Wildman–Crippen MR) is 124 cm³/mol. The van der Waals surface area contributed by atoms with Crippen LogP contribution in [0.2, 0.25) is 0 Å². The number of hydrogen-bond acceptors (Lipinski definition) is 5. The monoisotopic (exact) mass is 467 g/mol. The summed E-state index contributed by atoms with van der Waals surface area (Å²) in [5.74, 6) is -1.24. The highest BCUT2D eigenvalue weighted by Gasteiger charge is 2.38. The van der Waals surface area contributed by atoms with Crippen LogP contribution < -0.4 is 10.6 Å². The molecule has 0 saturated heterocycles. The van der Waals surface area contributed by atoms with Crippen molar-refractivity contribution < 1.29 is 24.4 Å². The molecule has 3 N–H and O–H groups in total. The molecule has 178 valence electrons. The molecule has 3 rings (SSSR count). The molecular formula is C23H25N5O6. The Morgan fingerprint density at radius 3 is 2.56 bits per heavy atom. The van der Waals surface area contributed by atoms with E-state index in [1.807, 2.05) is 6.07 Å². The van der Waals surface area contributed by atoms with Gasteiger partial charge in [-0.15, -0.1) is 0 Å². The van der Waals surface area contributed by atoms with Crippen LogP contribution in [-0.4, -0.2) is 58.0 Å². The van der Waals surface area contributed by atoms with Crippen LogP contribution in [0.4, 0.5) is 21.0 Å². The molecule has 1 unspecified atom stereocenters. The van der Waals surface area contributed by atoms with Gasteiger partial charge in [-0.3, -0.25) is 10.1 Å². The summed E-state index contributed by atoms with van der Waals surface area (Å²) in [6, 6.07) is 12.7. The van der Waals surface area contributed by atoms with Crippen molar-refractivity contribution in [1.29, 1.82) is 0 Å². The maximum absolute atomic E-state index is 12.8. The number of benzene rings is 2. The van der Waals surface area contributed by atoms with Crippen molar-refractivity contribution in [1.82, 2.24) is 15.1 Å². The highest BCUT2D eigenvalue weighted by Crippen LogP contribution is 2.35. The molecule has 34 heavy (non-hydrogen) atoms. The Labute approximate surface area is 195 Å². The molecule has 11 heteroatoms. The first-order valence-corrected chi connectivity index (χ1v) is 10.5. The van der Waals surface area contributed by atoms with Crippen molar-refractivity contribution in [3.05, 3.63) is 81.5 Å². The van der Waals surface area contributed by atoms with E-state index in [-0.39, 0.29) is 36.1 Å². The van der Waals surface area contributed by atoms with Crippen LogP contribution in [0.5, 0.6) is 0 Å². The fourth-order valence-electron chi connectivity index (χ4n) is 3.76. The average molecular weight is 467 g/mol. The first-order valence-electron chi connectivity index (χ1n) is 10.5. The number of nitro benzene ring substituents is 1. The molecule has 0 aromatic heterocycles. The summed E-state index contributed by atoms with van der Waals surface area (Å²) in [6.45, 7) is 1.88. The Morgan fingerprint density at radius 1 is 1.21 bits per heavy atom. The zero-order valence-electron chi connectivity index (χ0n) is 18.7. The summed E-state index contributed by atoms with van der Waals surface area (Å²) in [4.78, 5) is 50.7. The summed E-state index contributed by atoms with van der Waals surface area (Å²) < 4.78 is 0. The number of non-ortho nitro benzene ring substituents is 1. The molecule has 0 saturated carbocycles. The molecule has 1 aliphatic rings. The smallest absolute Gasteiger partial charge is 0.335 e. The lowest BCUT2D eigenvalue weighted by Gasteiger charge is -2.37. The molecule has 2 aromatic carbocycles. The normalized spacial score (nSPS) is 15.5. The Hall–Kier alpha value is -4.41. The van der Waals surface area contributed by atoms with Gasteiger partial charge in [-0.05, 0) is 31.0 Å². The third-order valence-corrected chi connectivity index (χ3v) is 5.44.